The Morgan fingerprint density at radius 2 is 2.15 bits per heavy atom. The molecule has 0 saturated heterocycles. The van der Waals surface area contributed by atoms with Crippen molar-refractivity contribution in [3.05, 3.63) is 41.0 Å². The van der Waals surface area contributed by atoms with Gasteiger partial charge in [-0.3, -0.25) is 4.98 Å². The Morgan fingerprint density at radius 3 is 2.77 bits per heavy atom. The van der Waals surface area contributed by atoms with Crippen LogP contribution in [-0.4, -0.2) is 4.98 Å². The molecule has 0 aromatic carbocycles. The highest BCUT2D eigenvalue weighted by Crippen LogP contribution is 1.89. The lowest BCUT2D eigenvalue weighted by Crippen LogP contribution is -2.25. The molecule has 0 amide bonds. The van der Waals surface area contributed by atoms with Crippen LogP contribution in [0.25, 0.3) is 11.6 Å². The maximum Gasteiger partial charge on any atom is 0.0348 e. The van der Waals surface area contributed by atoms with Gasteiger partial charge in [-0.05, 0) is 37.6 Å². The summed E-state index contributed by atoms with van der Waals surface area (Å²) in [6.45, 7) is 6.17. The van der Waals surface area contributed by atoms with E-state index in [1.54, 1.807) is 0 Å². The van der Waals surface area contributed by atoms with Crippen LogP contribution >= 0.6 is 0 Å². The molecule has 0 aliphatic heterocycles. The fourth-order valence-corrected chi connectivity index (χ4v) is 1.33. The van der Waals surface area contributed by atoms with E-state index >= 15 is 0 Å². The molecule has 0 aliphatic carbocycles. The molecular formula is C12H15N. The zero-order valence-electron chi connectivity index (χ0n) is 8.41. The first-order valence-corrected chi connectivity index (χ1v) is 4.49. The van der Waals surface area contributed by atoms with Gasteiger partial charge in [0.2, 0.25) is 0 Å². The molecule has 0 radical (unpaired) electrons. The summed E-state index contributed by atoms with van der Waals surface area (Å²) in [5.41, 5.74) is 1.25. The second kappa shape index (κ2) is 4.61. The van der Waals surface area contributed by atoms with Gasteiger partial charge in [-0.2, -0.15) is 0 Å². The number of nitrogens with zero attached hydrogens (tertiary/aromatic N) is 1. The largest absolute Gasteiger partial charge is 0.264 e. The molecule has 68 valence electrons. The van der Waals surface area contributed by atoms with Gasteiger partial charge in [-0.1, -0.05) is 18.2 Å². The number of rotatable bonds is 1. The van der Waals surface area contributed by atoms with Gasteiger partial charge in [-0.15, -0.1) is 0 Å². The fourth-order valence-electron chi connectivity index (χ4n) is 1.33. The number of allylic oxidation sites excluding steroid dienone is 2. The van der Waals surface area contributed by atoms with E-state index in [1.165, 1.54) is 16.0 Å². The predicted octanol–water partition coefficient (Wildman–Crippen LogP) is 1.63. The zero-order valence-corrected chi connectivity index (χ0v) is 8.41. The summed E-state index contributed by atoms with van der Waals surface area (Å²) in [5, 5.41) is 2.45. The molecule has 0 saturated carbocycles. The van der Waals surface area contributed by atoms with Crippen LogP contribution < -0.4 is 10.4 Å². The average Bonchev–Trinajstić information content (AvgIpc) is 2.18. The molecular weight excluding hydrogens is 158 g/mol. The molecule has 0 N–H and O–H groups in total. The highest BCUT2D eigenvalue weighted by Gasteiger charge is 1.87. The van der Waals surface area contributed by atoms with Crippen LogP contribution in [0.4, 0.5) is 0 Å². The van der Waals surface area contributed by atoms with Gasteiger partial charge in [0.25, 0.3) is 0 Å². The molecule has 0 aliphatic rings. The van der Waals surface area contributed by atoms with E-state index in [2.05, 4.69) is 24.1 Å². The number of hydrogen-bond donors (Lipinski definition) is 0. The minimum absolute atomic E-state index is 1.21. The first-order chi connectivity index (χ1) is 6.29. The maximum absolute atomic E-state index is 4.12. The molecule has 1 aromatic heterocycles. The number of aromatic nitrogens is 1. The molecule has 1 aromatic rings. The van der Waals surface area contributed by atoms with E-state index in [-0.39, 0.29) is 0 Å². The van der Waals surface area contributed by atoms with E-state index in [9.17, 15) is 0 Å². The van der Waals surface area contributed by atoms with Crippen molar-refractivity contribution in [1.82, 2.24) is 4.98 Å². The maximum atomic E-state index is 4.12. The summed E-state index contributed by atoms with van der Waals surface area (Å²) in [6.07, 6.45) is 9.97. The zero-order chi connectivity index (χ0) is 9.68. The monoisotopic (exact) mass is 173 g/mol. The van der Waals surface area contributed by atoms with Crippen molar-refractivity contribution in [3.63, 3.8) is 0 Å². The quantitative estimate of drug-likeness (QED) is 0.629. The Hall–Kier alpha value is -1.37. The summed E-state index contributed by atoms with van der Waals surface area (Å²) in [7, 11) is 0. The topological polar surface area (TPSA) is 12.9 Å². The van der Waals surface area contributed by atoms with Gasteiger partial charge in [0.1, 0.15) is 0 Å². The van der Waals surface area contributed by atoms with E-state index in [0.717, 1.165) is 0 Å². The third-order valence-electron chi connectivity index (χ3n) is 2.01. The summed E-state index contributed by atoms with van der Waals surface area (Å²) >= 11 is 0. The Labute approximate surface area is 79.1 Å². The van der Waals surface area contributed by atoms with Crippen LogP contribution in [0.1, 0.15) is 20.8 Å². The second-order valence-electron chi connectivity index (χ2n) is 2.93. The van der Waals surface area contributed by atoms with Crippen molar-refractivity contribution < 1.29 is 0 Å². The van der Waals surface area contributed by atoms with Crippen molar-refractivity contribution in [1.29, 1.82) is 0 Å². The van der Waals surface area contributed by atoms with Gasteiger partial charge in [0.05, 0.1) is 0 Å². The SMILES string of the molecule is C\C=C/C(C)=c1/cncc/c1=C/C. The van der Waals surface area contributed by atoms with Crippen LogP contribution in [0.3, 0.4) is 0 Å². The molecule has 1 heteroatoms. The molecule has 1 rings (SSSR count). The average molecular weight is 173 g/mol. The smallest absolute Gasteiger partial charge is 0.0348 e. The van der Waals surface area contributed by atoms with Crippen LogP contribution in [-0.2, 0) is 0 Å². The summed E-state index contributed by atoms with van der Waals surface area (Å²) in [5.74, 6) is 0. The Kier molecular flexibility index (Phi) is 3.44. The number of hydrogen-bond acceptors (Lipinski definition) is 1. The molecule has 1 heterocycles. The van der Waals surface area contributed by atoms with Crippen LogP contribution in [0, 0.1) is 0 Å². The Morgan fingerprint density at radius 1 is 1.38 bits per heavy atom. The highest BCUT2D eigenvalue weighted by atomic mass is 14.6. The fraction of sp³-hybridized carbons (Fsp3) is 0.250. The number of pyridine rings is 1. The lowest BCUT2D eigenvalue weighted by atomic mass is 10.2. The third kappa shape index (κ3) is 2.28. The second-order valence-corrected chi connectivity index (χ2v) is 2.93. The Bertz CT molecular complexity index is 413. The van der Waals surface area contributed by atoms with Gasteiger partial charge >= 0.3 is 0 Å². The van der Waals surface area contributed by atoms with Crippen molar-refractivity contribution in [2.24, 2.45) is 0 Å². The van der Waals surface area contributed by atoms with Crippen LogP contribution in [0.2, 0.25) is 0 Å². The van der Waals surface area contributed by atoms with E-state index in [4.69, 9.17) is 0 Å². The normalized spacial score (nSPS) is 15.2. The van der Waals surface area contributed by atoms with Crippen LogP contribution in [0.15, 0.2) is 30.6 Å². The van der Waals surface area contributed by atoms with E-state index in [0.29, 0.717) is 0 Å². The molecule has 0 unspecified atom stereocenters. The van der Waals surface area contributed by atoms with Crippen molar-refractivity contribution >= 4 is 11.6 Å². The third-order valence-corrected chi connectivity index (χ3v) is 2.01. The Balaban J connectivity index is 3.54. The lowest BCUT2D eigenvalue weighted by Gasteiger charge is -1.93. The summed E-state index contributed by atoms with van der Waals surface area (Å²) in [4.78, 5) is 4.12. The summed E-state index contributed by atoms with van der Waals surface area (Å²) in [6, 6.07) is 2.03. The minimum Gasteiger partial charge on any atom is -0.264 e. The van der Waals surface area contributed by atoms with Gasteiger partial charge in [0, 0.05) is 17.6 Å². The molecule has 0 fully saturated rings. The molecule has 0 atom stereocenters. The van der Waals surface area contributed by atoms with Crippen molar-refractivity contribution in [3.8, 4) is 0 Å². The van der Waals surface area contributed by atoms with E-state index in [1.807, 2.05) is 38.4 Å². The predicted molar refractivity (Wildman–Crippen MR) is 57.5 cm³/mol. The molecule has 13 heavy (non-hydrogen) atoms. The lowest BCUT2D eigenvalue weighted by molar-refractivity contribution is 1.26. The molecule has 0 spiro atoms. The van der Waals surface area contributed by atoms with E-state index < -0.39 is 0 Å². The van der Waals surface area contributed by atoms with Crippen LogP contribution in [0.5, 0.6) is 0 Å². The molecule has 1 nitrogen and oxygen atoms in total. The van der Waals surface area contributed by atoms with Gasteiger partial charge < -0.3 is 0 Å². The van der Waals surface area contributed by atoms with Crippen molar-refractivity contribution in [2.45, 2.75) is 20.8 Å². The molecule has 0 bridgehead atoms. The first-order valence-electron chi connectivity index (χ1n) is 4.49. The van der Waals surface area contributed by atoms with Crippen molar-refractivity contribution in [2.75, 3.05) is 0 Å². The van der Waals surface area contributed by atoms with Gasteiger partial charge in [-0.25, -0.2) is 0 Å². The summed E-state index contributed by atoms with van der Waals surface area (Å²) < 4.78 is 0. The standard InChI is InChI=1S/C12H15N/c1-4-6-10(3)12-9-13-8-7-11(12)5-2/h4-9H,1-3H3/b6-4-,11-5-,12-10-. The van der Waals surface area contributed by atoms with Gasteiger partial charge in [0.15, 0.2) is 0 Å². The minimum atomic E-state index is 1.21. The first kappa shape index (κ1) is 9.72. The highest BCUT2D eigenvalue weighted by molar-refractivity contribution is 5.54.